The summed E-state index contributed by atoms with van der Waals surface area (Å²) in [6, 6.07) is 7.94. The van der Waals surface area contributed by atoms with Gasteiger partial charge in [-0.25, -0.2) is 12.8 Å². The molecule has 0 amide bonds. The van der Waals surface area contributed by atoms with Gasteiger partial charge in [0.1, 0.15) is 5.82 Å². The molecular weight excluding hydrogens is 297 g/mol. The first-order valence-corrected chi connectivity index (χ1v) is 7.91. The molecule has 1 aromatic heterocycles. The van der Waals surface area contributed by atoms with Crippen molar-refractivity contribution in [2.24, 2.45) is 0 Å². The lowest BCUT2D eigenvalue weighted by Crippen LogP contribution is -2.31. The van der Waals surface area contributed by atoms with Crippen LogP contribution in [-0.2, 0) is 10.0 Å². The molecule has 0 unspecified atom stereocenters. The minimum Gasteiger partial charge on any atom is -0.452 e. The number of nitrogens with zero attached hydrogens (tertiary/aromatic N) is 1. The third kappa shape index (κ3) is 2.59. The number of sulfonamides is 1. The van der Waals surface area contributed by atoms with Crippen LogP contribution in [0.2, 0.25) is 0 Å². The molecule has 7 heteroatoms. The Hall–Kier alpha value is -1.70. The molecule has 1 fully saturated rings. The highest BCUT2D eigenvalue weighted by Crippen LogP contribution is 2.36. The summed E-state index contributed by atoms with van der Waals surface area (Å²) in [5.74, 6) is -0.391. The van der Waals surface area contributed by atoms with Crippen molar-refractivity contribution >= 4 is 10.0 Å². The molecule has 0 aliphatic carbocycles. The highest BCUT2D eigenvalue weighted by atomic mass is 32.2. The van der Waals surface area contributed by atoms with E-state index in [1.807, 2.05) is 0 Å². The van der Waals surface area contributed by atoms with E-state index in [4.69, 9.17) is 4.42 Å². The number of rotatable bonds is 3. The molecular formula is C14H14FNO4S. The van der Waals surface area contributed by atoms with Crippen LogP contribution in [0.25, 0.3) is 0 Å². The fourth-order valence-corrected chi connectivity index (χ4v) is 4.13. The van der Waals surface area contributed by atoms with Crippen molar-refractivity contribution in [3.05, 3.63) is 54.0 Å². The number of furan rings is 1. The number of benzene rings is 1. The molecule has 1 aliphatic rings. The Morgan fingerprint density at radius 2 is 1.95 bits per heavy atom. The van der Waals surface area contributed by atoms with E-state index < -0.39 is 28.0 Å². The van der Waals surface area contributed by atoms with Crippen molar-refractivity contribution in [1.29, 1.82) is 0 Å². The summed E-state index contributed by atoms with van der Waals surface area (Å²) in [6.45, 7) is -0.00885. The van der Waals surface area contributed by atoms with Gasteiger partial charge in [-0.1, -0.05) is 12.1 Å². The van der Waals surface area contributed by atoms with Gasteiger partial charge in [0, 0.05) is 6.54 Å². The quantitative estimate of drug-likeness (QED) is 0.940. The van der Waals surface area contributed by atoms with Gasteiger partial charge < -0.3 is 9.52 Å². The summed E-state index contributed by atoms with van der Waals surface area (Å²) in [5.41, 5.74) is 0.642. The van der Waals surface area contributed by atoms with Crippen molar-refractivity contribution in [3.63, 3.8) is 0 Å². The maximum atomic E-state index is 13.0. The normalized spacial score (nSPS) is 23.5. The van der Waals surface area contributed by atoms with Crippen molar-refractivity contribution in [2.45, 2.75) is 23.7 Å². The average molecular weight is 311 g/mol. The van der Waals surface area contributed by atoms with Crippen molar-refractivity contribution in [2.75, 3.05) is 6.54 Å². The second-order valence-corrected chi connectivity index (χ2v) is 6.79. The number of halogens is 1. The molecule has 1 aliphatic heterocycles. The highest BCUT2D eigenvalue weighted by molar-refractivity contribution is 7.89. The Bertz CT molecular complexity index is 712. The minimum absolute atomic E-state index is 0.00885. The Balaban J connectivity index is 1.98. The molecule has 21 heavy (non-hydrogen) atoms. The molecule has 5 nitrogen and oxygen atoms in total. The Labute approximate surface area is 121 Å². The number of aliphatic hydroxyl groups is 1. The topological polar surface area (TPSA) is 70.8 Å². The summed E-state index contributed by atoms with van der Waals surface area (Å²) >= 11 is 0. The Kier molecular flexibility index (Phi) is 3.56. The lowest BCUT2D eigenvalue weighted by atomic mass is 10.0. The number of hydrogen-bond donors (Lipinski definition) is 1. The van der Waals surface area contributed by atoms with Gasteiger partial charge in [-0.15, -0.1) is 0 Å². The fourth-order valence-electron chi connectivity index (χ4n) is 2.56. The van der Waals surface area contributed by atoms with Gasteiger partial charge in [0.15, 0.2) is 0 Å². The maximum Gasteiger partial charge on any atom is 0.277 e. The monoisotopic (exact) mass is 311 g/mol. The number of aliphatic hydroxyl groups excluding tert-OH is 1. The van der Waals surface area contributed by atoms with Gasteiger partial charge in [0.2, 0.25) is 5.09 Å². The second kappa shape index (κ2) is 5.25. The molecule has 1 N–H and O–H groups in total. The van der Waals surface area contributed by atoms with Gasteiger partial charge in [-0.05, 0) is 36.2 Å². The average Bonchev–Trinajstić information content (AvgIpc) is 3.09. The van der Waals surface area contributed by atoms with Crippen LogP contribution in [0.1, 0.15) is 18.0 Å². The van der Waals surface area contributed by atoms with Crippen LogP contribution in [0.5, 0.6) is 0 Å². The first-order valence-electron chi connectivity index (χ1n) is 6.47. The number of hydrogen-bond acceptors (Lipinski definition) is 4. The Morgan fingerprint density at radius 3 is 2.57 bits per heavy atom. The SMILES string of the molecule is O=S(=O)(c1ccco1)N1C[C@H](O)C[C@@H]1c1ccc(F)cc1. The van der Waals surface area contributed by atoms with E-state index in [1.54, 1.807) is 0 Å². The summed E-state index contributed by atoms with van der Waals surface area (Å²) in [6.07, 6.45) is 0.794. The van der Waals surface area contributed by atoms with E-state index >= 15 is 0 Å². The third-order valence-electron chi connectivity index (χ3n) is 3.55. The first-order chi connectivity index (χ1) is 9.98. The first kappa shape index (κ1) is 14.2. The summed E-state index contributed by atoms with van der Waals surface area (Å²) in [5, 5.41) is 9.67. The van der Waals surface area contributed by atoms with Crippen LogP contribution < -0.4 is 0 Å². The lowest BCUT2D eigenvalue weighted by Gasteiger charge is -2.22. The summed E-state index contributed by atoms with van der Waals surface area (Å²) in [4.78, 5) is 0. The molecule has 0 bridgehead atoms. The van der Waals surface area contributed by atoms with E-state index in [2.05, 4.69) is 0 Å². The van der Waals surface area contributed by atoms with E-state index in [1.165, 1.54) is 47.0 Å². The van der Waals surface area contributed by atoms with Gasteiger partial charge in [-0.3, -0.25) is 0 Å². The Morgan fingerprint density at radius 1 is 1.24 bits per heavy atom. The van der Waals surface area contributed by atoms with Crippen molar-refractivity contribution in [1.82, 2.24) is 4.31 Å². The fraction of sp³-hybridized carbons (Fsp3) is 0.286. The zero-order valence-electron chi connectivity index (χ0n) is 11.0. The van der Waals surface area contributed by atoms with E-state index in [0.29, 0.717) is 5.56 Å². The van der Waals surface area contributed by atoms with E-state index in [0.717, 1.165) is 0 Å². The van der Waals surface area contributed by atoms with Gasteiger partial charge in [0.05, 0.1) is 18.4 Å². The molecule has 0 spiro atoms. The summed E-state index contributed by atoms with van der Waals surface area (Å²) in [7, 11) is -3.82. The zero-order valence-corrected chi connectivity index (χ0v) is 11.8. The molecule has 3 rings (SSSR count). The molecule has 0 radical (unpaired) electrons. The molecule has 1 aromatic carbocycles. The van der Waals surface area contributed by atoms with E-state index in [9.17, 15) is 17.9 Å². The standard InChI is InChI=1S/C14H14FNO4S/c15-11-5-3-10(4-6-11)13-8-12(17)9-16(13)21(18,19)14-2-1-7-20-14/h1-7,12-13,17H,8-9H2/t12-,13-/m1/s1. The predicted octanol–water partition coefficient (Wildman–Crippen LogP) is 1.92. The zero-order chi connectivity index (χ0) is 15.0. The minimum atomic E-state index is -3.82. The predicted molar refractivity (Wildman–Crippen MR) is 72.4 cm³/mol. The number of β-amino-alcohol motifs (C(OH)–C–C–N with tert-alkyl or cyclic N) is 1. The van der Waals surface area contributed by atoms with Gasteiger partial charge in [0.25, 0.3) is 10.0 Å². The van der Waals surface area contributed by atoms with Crippen molar-refractivity contribution < 1.29 is 22.3 Å². The summed E-state index contributed by atoms with van der Waals surface area (Å²) < 4.78 is 44.3. The molecule has 2 aromatic rings. The lowest BCUT2D eigenvalue weighted by molar-refractivity contribution is 0.188. The van der Waals surface area contributed by atoms with Crippen LogP contribution >= 0.6 is 0 Å². The van der Waals surface area contributed by atoms with Gasteiger partial charge in [-0.2, -0.15) is 4.31 Å². The van der Waals surface area contributed by atoms with Crippen LogP contribution in [0.4, 0.5) is 4.39 Å². The third-order valence-corrected chi connectivity index (χ3v) is 5.31. The van der Waals surface area contributed by atoms with Crippen molar-refractivity contribution in [3.8, 4) is 0 Å². The molecule has 0 saturated carbocycles. The highest BCUT2D eigenvalue weighted by Gasteiger charge is 2.41. The second-order valence-electron chi connectivity index (χ2n) is 4.96. The van der Waals surface area contributed by atoms with Crippen LogP contribution in [0, 0.1) is 5.82 Å². The van der Waals surface area contributed by atoms with Crippen LogP contribution in [-0.4, -0.2) is 30.5 Å². The van der Waals surface area contributed by atoms with Gasteiger partial charge >= 0.3 is 0 Å². The van der Waals surface area contributed by atoms with Crippen LogP contribution in [0.3, 0.4) is 0 Å². The molecule has 112 valence electrons. The van der Waals surface area contributed by atoms with E-state index in [-0.39, 0.29) is 18.1 Å². The molecule has 2 atom stereocenters. The molecule has 2 heterocycles. The maximum absolute atomic E-state index is 13.0. The van der Waals surface area contributed by atoms with Crippen LogP contribution in [0.15, 0.2) is 52.2 Å². The smallest absolute Gasteiger partial charge is 0.277 e. The largest absolute Gasteiger partial charge is 0.452 e. The molecule has 1 saturated heterocycles.